The first kappa shape index (κ1) is 14.4. The van der Waals surface area contributed by atoms with Gasteiger partial charge in [0.1, 0.15) is 0 Å². The van der Waals surface area contributed by atoms with Crippen LogP contribution in [-0.4, -0.2) is 22.8 Å². The number of hydrogen-bond donors (Lipinski definition) is 1. The lowest BCUT2D eigenvalue weighted by atomic mass is 10.4. The van der Waals surface area contributed by atoms with Crippen LogP contribution in [-0.2, 0) is 17.8 Å². The van der Waals surface area contributed by atoms with Crippen molar-refractivity contribution < 1.29 is 4.74 Å². The van der Waals surface area contributed by atoms with Gasteiger partial charge in [-0.2, -0.15) is 0 Å². The van der Waals surface area contributed by atoms with Crippen LogP contribution in [0.15, 0.2) is 24.5 Å². The highest BCUT2D eigenvalue weighted by molar-refractivity contribution is 7.16. The third-order valence-corrected chi connectivity index (χ3v) is 3.89. The largest absolute Gasteiger partial charge is 0.382 e. The molecule has 0 atom stereocenters. The predicted molar refractivity (Wildman–Crippen MR) is 80.0 cm³/mol. The van der Waals surface area contributed by atoms with Crippen LogP contribution in [0, 0.1) is 0 Å². The van der Waals surface area contributed by atoms with E-state index in [1.165, 1.54) is 4.88 Å². The standard InChI is InChI=1S/C13H18ClN3OS/c1-2-18-9-3-7-17-8-6-15-13(17)16-10-11-4-5-12(14)19-11/h4-6,8H,2-3,7,9-10H2,1H3,(H,15,16). The smallest absolute Gasteiger partial charge is 0.203 e. The van der Waals surface area contributed by atoms with Gasteiger partial charge < -0.3 is 14.6 Å². The summed E-state index contributed by atoms with van der Waals surface area (Å²) in [5.74, 6) is 0.890. The molecule has 0 bridgehead atoms. The van der Waals surface area contributed by atoms with E-state index < -0.39 is 0 Å². The van der Waals surface area contributed by atoms with Gasteiger partial charge in [0.2, 0.25) is 5.95 Å². The normalized spacial score (nSPS) is 10.8. The SMILES string of the molecule is CCOCCCn1ccnc1NCc1ccc(Cl)s1. The highest BCUT2D eigenvalue weighted by atomic mass is 35.5. The van der Waals surface area contributed by atoms with Crippen LogP contribution in [0.4, 0.5) is 5.95 Å². The van der Waals surface area contributed by atoms with Gasteiger partial charge in [-0.3, -0.25) is 0 Å². The second-order valence-corrected chi connectivity index (χ2v) is 5.85. The molecule has 0 aliphatic heterocycles. The van der Waals surface area contributed by atoms with Crippen molar-refractivity contribution in [1.82, 2.24) is 9.55 Å². The van der Waals surface area contributed by atoms with Crippen LogP contribution >= 0.6 is 22.9 Å². The van der Waals surface area contributed by atoms with E-state index in [0.717, 1.165) is 43.0 Å². The Bertz CT molecular complexity index is 498. The van der Waals surface area contributed by atoms with Crippen molar-refractivity contribution in [3.8, 4) is 0 Å². The number of aryl methyl sites for hydroxylation is 1. The van der Waals surface area contributed by atoms with Crippen LogP contribution in [0.2, 0.25) is 4.34 Å². The molecular weight excluding hydrogens is 282 g/mol. The molecule has 0 aliphatic rings. The van der Waals surface area contributed by atoms with Crippen LogP contribution in [0.5, 0.6) is 0 Å². The fourth-order valence-corrected chi connectivity index (χ4v) is 2.78. The van der Waals surface area contributed by atoms with Crippen molar-refractivity contribution in [3.63, 3.8) is 0 Å². The second-order valence-electron chi connectivity index (χ2n) is 4.05. The molecule has 4 nitrogen and oxygen atoms in total. The minimum absolute atomic E-state index is 0.750. The monoisotopic (exact) mass is 299 g/mol. The number of hydrogen-bond acceptors (Lipinski definition) is 4. The first-order valence-electron chi connectivity index (χ1n) is 6.36. The molecule has 2 heterocycles. The molecule has 0 saturated heterocycles. The number of imidazole rings is 1. The summed E-state index contributed by atoms with van der Waals surface area (Å²) >= 11 is 7.49. The van der Waals surface area contributed by atoms with Gasteiger partial charge in [-0.05, 0) is 25.5 Å². The Morgan fingerprint density at radius 3 is 3.11 bits per heavy atom. The van der Waals surface area contributed by atoms with Gasteiger partial charge in [-0.25, -0.2) is 4.98 Å². The molecule has 2 aromatic heterocycles. The van der Waals surface area contributed by atoms with Gasteiger partial charge in [0.05, 0.1) is 10.9 Å². The molecule has 104 valence electrons. The first-order chi connectivity index (χ1) is 9.29. The Hall–Kier alpha value is -1.04. The number of ether oxygens (including phenoxy) is 1. The number of rotatable bonds is 8. The fourth-order valence-electron chi connectivity index (χ4n) is 1.75. The maximum atomic E-state index is 5.91. The molecule has 0 aromatic carbocycles. The molecule has 0 unspecified atom stereocenters. The first-order valence-corrected chi connectivity index (χ1v) is 7.56. The molecule has 2 rings (SSSR count). The summed E-state index contributed by atoms with van der Waals surface area (Å²) in [5.41, 5.74) is 0. The number of aromatic nitrogens is 2. The minimum atomic E-state index is 0.750. The Labute approximate surface area is 122 Å². The molecule has 0 amide bonds. The lowest BCUT2D eigenvalue weighted by Gasteiger charge is -2.09. The number of halogens is 1. The van der Waals surface area contributed by atoms with Gasteiger partial charge in [0.25, 0.3) is 0 Å². The highest BCUT2D eigenvalue weighted by Gasteiger charge is 2.03. The molecule has 0 radical (unpaired) electrons. The van der Waals surface area contributed by atoms with E-state index in [1.807, 2.05) is 31.5 Å². The van der Waals surface area contributed by atoms with Gasteiger partial charge in [-0.15, -0.1) is 11.3 Å². The summed E-state index contributed by atoms with van der Waals surface area (Å²) < 4.78 is 8.26. The average Bonchev–Trinajstić information content (AvgIpc) is 3.01. The molecule has 6 heteroatoms. The van der Waals surface area contributed by atoms with Gasteiger partial charge in [0.15, 0.2) is 0 Å². The lowest BCUT2D eigenvalue weighted by Crippen LogP contribution is -2.08. The van der Waals surface area contributed by atoms with Crippen molar-refractivity contribution in [2.45, 2.75) is 26.4 Å². The quantitative estimate of drug-likeness (QED) is 0.757. The summed E-state index contributed by atoms with van der Waals surface area (Å²) in [7, 11) is 0. The second kappa shape index (κ2) is 7.53. The lowest BCUT2D eigenvalue weighted by molar-refractivity contribution is 0.142. The van der Waals surface area contributed by atoms with Gasteiger partial charge in [-0.1, -0.05) is 11.6 Å². The van der Waals surface area contributed by atoms with Gasteiger partial charge in [0, 0.05) is 37.0 Å². The predicted octanol–water partition coefficient (Wildman–Crippen LogP) is 3.64. The zero-order valence-corrected chi connectivity index (χ0v) is 12.5. The summed E-state index contributed by atoms with van der Waals surface area (Å²) in [5, 5.41) is 3.33. The molecular formula is C13H18ClN3OS. The number of anilines is 1. The Kier molecular flexibility index (Phi) is 5.69. The zero-order valence-electron chi connectivity index (χ0n) is 10.9. The van der Waals surface area contributed by atoms with Crippen LogP contribution < -0.4 is 5.32 Å². The number of nitrogens with zero attached hydrogens (tertiary/aromatic N) is 2. The van der Waals surface area contributed by atoms with E-state index in [0.29, 0.717) is 0 Å². The molecule has 1 N–H and O–H groups in total. The van der Waals surface area contributed by atoms with Crippen molar-refractivity contribution in [2.24, 2.45) is 0 Å². The highest BCUT2D eigenvalue weighted by Crippen LogP contribution is 2.22. The molecule has 2 aromatic rings. The molecule has 0 aliphatic carbocycles. The Morgan fingerprint density at radius 2 is 2.37 bits per heavy atom. The summed E-state index contributed by atoms with van der Waals surface area (Å²) in [6.07, 6.45) is 4.78. The van der Waals surface area contributed by atoms with E-state index in [9.17, 15) is 0 Å². The van der Waals surface area contributed by atoms with E-state index in [2.05, 4.69) is 14.9 Å². The van der Waals surface area contributed by atoms with Crippen LogP contribution in [0.3, 0.4) is 0 Å². The Morgan fingerprint density at radius 1 is 1.47 bits per heavy atom. The maximum Gasteiger partial charge on any atom is 0.203 e. The Balaban J connectivity index is 1.81. The topological polar surface area (TPSA) is 39.1 Å². The van der Waals surface area contributed by atoms with E-state index in [1.54, 1.807) is 11.3 Å². The molecule has 0 spiro atoms. The number of thiophene rings is 1. The minimum Gasteiger partial charge on any atom is -0.382 e. The third kappa shape index (κ3) is 4.53. The van der Waals surface area contributed by atoms with E-state index in [4.69, 9.17) is 16.3 Å². The van der Waals surface area contributed by atoms with Gasteiger partial charge >= 0.3 is 0 Å². The fraction of sp³-hybridized carbons (Fsp3) is 0.462. The molecule has 0 fully saturated rings. The summed E-state index contributed by atoms with van der Waals surface area (Å²) in [6.45, 7) is 5.23. The van der Waals surface area contributed by atoms with Crippen LogP contribution in [0.1, 0.15) is 18.2 Å². The number of nitrogens with one attached hydrogen (secondary N) is 1. The summed E-state index contributed by atoms with van der Waals surface area (Å²) in [6, 6.07) is 3.94. The molecule has 19 heavy (non-hydrogen) atoms. The third-order valence-electron chi connectivity index (χ3n) is 2.66. The van der Waals surface area contributed by atoms with Crippen molar-refractivity contribution in [3.05, 3.63) is 33.7 Å². The van der Waals surface area contributed by atoms with Crippen molar-refractivity contribution in [1.29, 1.82) is 0 Å². The zero-order chi connectivity index (χ0) is 13.5. The average molecular weight is 300 g/mol. The summed E-state index contributed by atoms with van der Waals surface area (Å²) in [4.78, 5) is 5.52. The van der Waals surface area contributed by atoms with Crippen molar-refractivity contribution in [2.75, 3.05) is 18.5 Å². The maximum absolute atomic E-state index is 5.91. The van der Waals surface area contributed by atoms with E-state index in [-0.39, 0.29) is 0 Å². The van der Waals surface area contributed by atoms with Crippen molar-refractivity contribution >= 4 is 28.9 Å². The van der Waals surface area contributed by atoms with Crippen LogP contribution in [0.25, 0.3) is 0 Å². The van der Waals surface area contributed by atoms with E-state index >= 15 is 0 Å². The molecule has 0 saturated carbocycles.